The van der Waals surface area contributed by atoms with Gasteiger partial charge in [-0.05, 0) is 46.7 Å². The van der Waals surface area contributed by atoms with Gasteiger partial charge in [0.15, 0.2) is 0 Å². The summed E-state index contributed by atoms with van der Waals surface area (Å²) < 4.78 is 0. The second-order valence-electron chi connectivity index (χ2n) is 6.46. The smallest absolute Gasteiger partial charge is 0.148 e. The molecule has 21 heavy (non-hydrogen) atoms. The molecule has 1 atom stereocenters. The summed E-state index contributed by atoms with van der Waals surface area (Å²) >= 11 is 0. The summed E-state index contributed by atoms with van der Waals surface area (Å²) in [5.41, 5.74) is 3.80. The van der Waals surface area contributed by atoms with Crippen LogP contribution in [0, 0.1) is 6.92 Å². The first-order chi connectivity index (χ1) is 10.1. The van der Waals surface area contributed by atoms with Crippen molar-refractivity contribution in [2.24, 2.45) is 5.84 Å². The number of hydrazine groups is 1. The van der Waals surface area contributed by atoms with Gasteiger partial charge in [-0.2, -0.15) is 0 Å². The Labute approximate surface area is 126 Å². The van der Waals surface area contributed by atoms with E-state index in [9.17, 15) is 0 Å². The minimum atomic E-state index is 0.448. The quantitative estimate of drug-likeness (QED) is 0.649. The summed E-state index contributed by atoms with van der Waals surface area (Å²) in [5, 5.41) is 0. The number of nitrogens with zero attached hydrogens (tertiary/aromatic N) is 4. The van der Waals surface area contributed by atoms with Gasteiger partial charge in [-0.25, -0.2) is 15.8 Å². The molecule has 1 saturated carbocycles. The van der Waals surface area contributed by atoms with E-state index < -0.39 is 0 Å². The summed E-state index contributed by atoms with van der Waals surface area (Å²) in [6, 6.07) is 0.448. The molecular formula is C15H26N6. The molecule has 6 nitrogen and oxygen atoms in total. The highest BCUT2D eigenvalue weighted by molar-refractivity contribution is 5.59. The van der Waals surface area contributed by atoms with Crippen molar-refractivity contribution in [2.75, 3.05) is 37.0 Å². The highest BCUT2D eigenvalue weighted by Crippen LogP contribution is 2.40. The van der Waals surface area contributed by atoms with Crippen LogP contribution in [-0.4, -0.2) is 47.6 Å². The molecule has 3 rings (SSSR count). The van der Waals surface area contributed by atoms with Gasteiger partial charge in [0, 0.05) is 30.6 Å². The molecule has 0 spiro atoms. The van der Waals surface area contributed by atoms with Crippen molar-refractivity contribution < 1.29 is 0 Å². The molecule has 1 aliphatic heterocycles. The fraction of sp³-hybridized carbons (Fsp3) is 0.733. The lowest BCUT2D eigenvalue weighted by atomic mass is 10.2. The van der Waals surface area contributed by atoms with Gasteiger partial charge in [0.25, 0.3) is 0 Å². The molecule has 0 bridgehead atoms. The van der Waals surface area contributed by atoms with Crippen LogP contribution < -0.4 is 16.2 Å². The van der Waals surface area contributed by atoms with Crippen LogP contribution in [0.5, 0.6) is 0 Å². The van der Waals surface area contributed by atoms with E-state index in [1.807, 2.05) is 0 Å². The van der Waals surface area contributed by atoms with Gasteiger partial charge in [0.2, 0.25) is 0 Å². The van der Waals surface area contributed by atoms with E-state index in [1.54, 1.807) is 0 Å². The normalized spacial score (nSPS) is 24.0. The molecule has 2 aliphatic rings. The first-order valence-corrected chi connectivity index (χ1v) is 7.90. The monoisotopic (exact) mass is 290 g/mol. The molecule has 1 aromatic rings. The van der Waals surface area contributed by atoms with Crippen LogP contribution >= 0.6 is 0 Å². The number of nitrogen functional groups attached to an aromatic ring is 1. The molecule has 116 valence electrons. The number of rotatable bonds is 3. The number of hydrogen-bond donors (Lipinski definition) is 2. The maximum Gasteiger partial charge on any atom is 0.148 e. The van der Waals surface area contributed by atoms with Crippen molar-refractivity contribution in [1.29, 1.82) is 0 Å². The summed E-state index contributed by atoms with van der Waals surface area (Å²) in [4.78, 5) is 14.3. The molecule has 1 aromatic heterocycles. The van der Waals surface area contributed by atoms with Crippen LogP contribution in [0.3, 0.4) is 0 Å². The maximum atomic E-state index is 5.66. The largest absolute Gasteiger partial charge is 0.352 e. The second-order valence-corrected chi connectivity index (χ2v) is 6.46. The van der Waals surface area contributed by atoms with Crippen LogP contribution in [0.15, 0.2) is 0 Å². The van der Waals surface area contributed by atoms with Gasteiger partial charge < -0.3 is 15.2 Å². The Morgan fingerprint density at radius 1 is 1.24 bits per heavy atom. The lowest BCUT2D eigenvalue weighted by Gasteiger charge is -2.31. The fourth-order valence-electron chi connectivity index (χ4n) is 3.15. The zero-order valence-electron chi connectivity index (χ0n) is 13.3. The number of nitrogens with two attached hydrogens (primary N) is 1. The first kappa shape index (κ1) is 14.5. The van der Waals surface area contributed by atoms with Gasteiger partial charge in [-0.15, -0.1) is 0 Å². The lowest BCUT2D eigenvalue weighted by molar-refractivity contribution is 0.337. The average molecular weight is 290 g/mol. The van der Waals surface area contributed by atoms with E-state index in [0.717, 1.165) is 49.1 Å². The van der Waals surface area contributed by atoms with Crippen LogP contribution in [0.1, 0.15) is 43.5 Å². The predicted molar refractivity (Wildman–Crippen MR) is 85.5 cm³/mol. The molecule has 0 amide bonds. The van der Waals surface area contributed by atoms with Crippen LogP contribution in [0.25, 0.3) is 0 Å². The van der Waals surface area contributed by atoms with Gasteiger partial charge in [-0.3, -0.25) is 0 Å². The molecule has 2 heterocycles. The third-order valence-electron chi connectivity index (χ3n) is 4.54. The molecule has 2 fully saturated rings. The molecule has 1 unspecified atom stereocenters. The standard InChI is InChI=1S/C15H26N6/c1-10-9-20(3)7-4-8-21(10)15-11(2)13(19-16)17-14(18-15)12-5-6-12/h10,12H,4-9,16H2,1-3H3,(H,17,18,19). The van der Waals surface area contributed by atoms with Crippen molar-refractivity contribution in [3.05, 3.63) is 11.4 Å². The number of anilines is 2. The van der Waals surface area contributed by atoms with E-state index in [2.05, 4.69) is 41.1 Å². The predicted octanol–water partition coefficient (Wildman–Crippen LogP) is 1.48. The Kier molecular flexibility index (Phi) is 3.99. The van der Waals surface area contributed by atoms with Gasteiger partial charge in [-0.1, -0.05) is 0 Å². The number of hydrogen-bond acceptors (Lipinski definition) is 6. The highest BCUT2D eigenvalue weighted by atomic mass is 15.3. The third kappa shape index (κ3) is 2.96. The number of likely N-dealkylation sites (N-methyl/N-ethyl adjacent to an activating group) is 1. The molecule has 1 aliphatic carbocycles. The zero-order chi connectivity index (χ0) is 15.0. The molecular weight excluding hydrogens is 264 g/mol. The van der Waals surface area contributed by atoms with Crippen molar-refractivity contribution in [1.82, 2.24) is 14.9 Å². The van der Waals surface area contributed by atoms with Crippen LogP contribution in [0.4, 0.5) is 11.6 Å². The Hall–Kier alpha value is -1.40. The number of nitrogens with one attached hydrogen (secondary N) is 1. The van der Waals surface area contributed by atoms with E-state index in [0.29, 0.717) is 12.0 Å². The molecule has 3 N–H and O–H groups in total. The summed E-state index contributed by atoms with van der Waals surface area (Å²) in [6.45, 7) is 7.58. The molecule has 1 saturated heterocycles. The Bertz CT molecular complexity index is 513. The SMILES string of the molecule is Cc1c(NN)nc(C2CC2)nc1N1CCCN(C)CC1C. The van der Waals surface area contributed by atoms with E-state index in [-0.39, 0.29) is 0 Å². The van der Waals surface area contributed by atoms with E-state index >= 15 is 0 Å². The maximum absolute atomic E-state index is 5.66. The lowest BCUT2D eigenvalue weighted by Crippen LogP contribution is -2.39. The minimum absolute atomic E-state index is 0.448. The molecule has 0 aromatic carbocycles. The second kappa shape index (κ2) is 5.77. The Balaban J connectivity index is 1.97. The molecule has 0 radical (unpaired) electrons. The Morgan fingerprint density at radius 3 is 2.67 bits per heavy atom. The van der Waals surface area contributed by atoms with Gasteiger partial charge in [0.05, 0.1) is 0 Å². The first-order valence-electron chi connectivity index (χ1n) is 7.90. The van der Waals surface area contributed by atoms with E-state index in [4.69, 9.17) is 10.8 Å². The number of aromatic nitrogens is 2. The van der Waals surface area contributed by atoms with E-state index in [1.165, 1.54) is 12.8 Å². The average Bonchev–Trinajstić information content (AvgIpc) is 3.28. The summed E-state index contributed by atoms with van der Waals surface area (Å²) in [5.74, 6) is 8.97. The highest BCUT2D eigenvalue weighted by Gasteiger charge is 2.30. The third-order valence-corrected chi connectivity index (χ3v) is 4.54. The zero-order valence-corrected chi connectivity index (χ0v) is 13.3. The van der Waals surface area contributed by atoms with Crippen molar-refractivity contribution >= 4 is 11.6 Å². The summed E-state index contributed by atoms with van der Waals surface area (Å²) in [6.07, 6.45) is 3.56. The van der Waals surface area contributed by atoms with Crippen molar-refractivity contribution in [3.8, 4) is 0 Å². The summed E-state index contributed by atoms with van der Waals surface area (Å²) in [7, 11) is 2.19. The van der Waals surface area contributed by atoms with Gasteiger partial charge >= 0.3 is 0 Å². The van der Waals surface area contributed by atoms with Crippen molar-refractivity contribution in [3.63, 3.8) is 0 Å². The Morgan fingerprint density at radius 2 is 2.00 bits per heavy atom. The van der Waals surface area contributed by atoms with Crippen LogP contribution in [0.2, 0.25) is 0 Å². The van der Waals surface area contributed by atoms with Crippen LogP contribution in [-0.2, 0) is 0 Å². The van der Waals surface area contributed by atoms with Gasteiger partial charge in [0.1, 0.15) is 17.5 Å². The minimum Gasteiger partial charge on any atom is -0.352 e. The van der Waals surface area contributed by atoms with Crippen molar-refractivity contribution in [2.45, 2.75) is 45.1 Å². The topological polar surface area (TPSA) is 70.3 Å². The molecule has 6 heteroatoms. The fourth-order valence-corrected chi connectivity index (χ4v) is 3.15.